The first kappa shape index (κ1) is 13.5. The third-order valence-corrected chi connectivity index (χ3v) is 2.41. The summed E-state index contributed by atoms with van der Waals surface area (Å²) in [5.41, 5.74) is 1.02. The number of halogens is 1. The van der Waals surface area contributed by atoms with E-state index >= 15 is 0 Å². The van der Waals surface area contributed by atoms with Crippen molar-refractivity contribution < 1.29 is 14.7 Å². The van der Waals surface area contributed by atoms with E-state index in [0.29, 0.717) is 13.0 Å². The lowest BCUT2D eigenvalue weighted by molar-refractivity contribution is -0.123. The van der Waals surface area contributed by atoms with Gasteiger partial charge in [-0.1, -0.05) is 12.1 Å². The van der Waals surface area contributed by atoms with Crippen LogP contribution in [0.15, 0.2) is 24.3 Å². The van der Waals surface area contributed by atoms with E-state index in [-0.39, 0.29) is 24.5 Å². The fourth-order valence-electron chi connectivity index (χ4n) is 1.31. The molecule has 92 valence electrons. The Morgan fingerprint density at radius 3 is 2.41 bits per heavy atom. The minimum Gasteiger partial charge on any atom is -0.508 e. The fraction of sp³-hybridized carbons (Fsp3) is 0.333. The van der Waals surface area contributed by atoms with Crippen LogP contribution in [0, 0.1) is 0 Å². The number of hydrogen-bond acceptors (Lipinski definition) is 3. The molecule has 1 aromatic rings. The van der Waals surface area contributed by atoms with E-state index in [1.54, 1.807) is 24.3 Å². The highest BCUT2D eigenvalue weighted by atomic mass is 35.5. The number of rotatable bonds is 6. The zero-order chi connectivity index (χ0) is 12.7. The number of amides is 1. The molecule has 0 aliphatic heterocycles. The maximum Gasteiger partial charge on any atom is 0.222 e. The second-order valence-corrected chi connectivity index (χ2v) is 4.04. The zero-order valence-corrected chi connectivity index (χ0v) is 10.0. The summed E-state index contributed by atoms with van der Waals surface area (Å²) in [6.07, 6.45) is 0.866. The molecule has 0 spiro atoms. The van der Waals surface area contributed by atoms with Gasteiger partial charge in [-0.25, -0.2) is 0 Å². The molecule has 1 amide bonds. The number of phenolic OH excluding ortho intramolecular Hbond substituents is 1. The predicted octanol–water partition coefficient (Wildman–Crippen LogP) is 1.60. The summed E-state index contributed by atoms with van der Waals surface area (Å²) in [6, 6.07) is 6.79. The lowest BCUT2D eigenvalue weighted by Crippen LogP contribution is -2.25. The quantitative estimate of drug-likeness (QED) is 0.759. The van der Waals surface area contributed by atoms with E-state index in [2.05, 4.69) is 5.32 Å². The van der Waals surface area contributed by atoms with Crippen molar-refractivity contribution in [3.05, 3.63) is 29.8 Å². The second kappa shape index (κ2) is 6.91. The standard InChI is InChI=1S/C12H14ClNO3/c13-11(16)5-6-12(17)14-8-7-9-1-3-10(15)4-2-9/h1-4,15H,5-8H2,(H,14,17). The first-order chi connectivity index (χ1) is 8.08. The topological polar surface area (TPSA) is 66.4 Å². The summed E-state index contributed by atoms with van der Waals surface area (Å²) < 4.78 is 0. The van der Waals surface area contributed by atoms with Gasteiger partial charge in [-0.2, -0.15) is 0 Å². The van der Waals surface area contributed by atoms with Crippen LogP contribution in [0.4, 0.5) is 0 Å². The van der Waals surface area contributed by atoms with Gasteiger partial charge in [0, 0.05) is 19.4 Å². The van der Waals surface area contributed by atoms with Gasteiger partial charge < -0.3 is 10.4 Å². The van der Waals surface area contributed by atoms with Crippen molar-refractivity contribution in [1.29, 1.82) is 0 Å². The number of carbonyl (C=O) groups is 2. The van der Waals surface area contributed by atoms with Crippen LogP contribution in [0.3, 0.4) is 0 Å². The number of phenols is 1. The normalized spacial score (nSPS) is 9.94. The number of nitrogens with one attached hydrogen (secondary N) is 1. The van der Waals surface area contributed by atoms with Gasteiger partial charge in [-0.3, -0.25) is 9.59 Å². The highest BCUT2D eigenvalue weighted by molar-refractivity contribution is 6.63. The summed E-state index contributed by atoms with van der Waals surface area (Å²) >= 11 is 5.12. The van der Waals surface area contributed by atoms with Crippen LogP contribution < -0.4 is 5.32 Å². The molecular formula is C12H14ClNO3. The van der Waals surface area contributed by atoms with E-state index in [9.17, 15) is 9.59 Å². The van der Waals surface area contributed by atoms with E-state index in [4.69, 9.17) is 16.7 Å². The molecule has 0 saturated carbocycles. The predicted molar refractivity (Wildman–Crippen MR) is 64.9 cm³/mol. The molecule has 1 aromatic carbocycles. The van der Waals surface area contributed by atoms with Crippen LogP contribution in [0.5, 0.6) is 5.75 Å². The molecule has 0 radical (unpaired) electrons. The average molecular weight is 256 g/mol. The summed E-state index contributed by atoms with van der Waals surface area (Å²) in [5, 5.41) is 11.3. The molecule has 0 aliphatic carbocycles. The minimum atomic E-state index is -0.501. The molecule has 0 bridgehead atoms. The Hall–Kier alpha value is -1.55. The highest BCUT2D eigenvalue weighted by Crippen LogP contribution is 2.09. The van der Waals surface area contributed by atoms with Gasteiger partial charge in [0.1, 0.15) is 5.75 Å². The molecule has 0 saturated heterocycles. The Labute approximate surface area is 105 Å². The molecule has 17 heavy (non-hydrogen) atoms. The third kappa shape index (κ3) is 5.92. The Balaban J connectivity index is 2.21. The molecule has 2 N–H and O–H groups in total. The minimum absolute atomic E-state index is 0.0621. The van der Waals surface area contributed by atoms with Crippen LogP contribution in [-0.2, 0) is 16.0 Å². The molecule has 0 fully saturated rings. The molecule has 0 atom stereocenters. The van der Waals surface area contributed by atoms with E-state index in [0.717, 1.165) is 5.56 Å². The van der Waals surface area contributed by atoms with E-state index < -0.39 is 5.24 Å². The van der Waals surface area contributed by atoms with Gasteiger partial charge in [-0.05, 0) is 35.7 Å². The molecule has 0 unspecified atom stereocenters. The Kier molecular flexibility index (Phi) is 5.49. The lowest BCUT2D eigenvalue weighted by Gasteiger charge is -2.04. The van der Waals surface area contributed by atoms with Crippen molar-refractivity contribution in [2.45, 2.75) is 19.3 Å². The van der Waals surface area contributed by atoms with Gasteiger partial charge >= 0.3 is 0 Å². The first-order valence-electron chi connectivity index (χ1n) is 5.31. The fourth-order valence-corrected chi connectivity index (χ4v) is 1.40. The second-order valence-electron chi connectivity index (χ2n) is 3.62. The Bertz CT molecular complexity index is 389. The SMILES string of the molecule is O=C(Cl)CCC(=O)NCCc1ccc(O)cc1. The van der Waals surface area contributed by atoms with Crippen LogP contribution in [-0.4, -0.2) is 22.8 Å². The maximum atomic E-state index is 11.2. The molecule has 0 aliphatic rings. The molecule has 0 aromatic heterocycles. The van der Waals surface area contributed by atoms with Crippen molar-refractivity contribution in [3.63, 3.8) is 0 Å². The number of benzene rings is 1. The smallest absolute Gasteiger partial charge is 0.222 e. The van der Waals surface area contributed by atoms with Gasteiger partial charge in [-0.15, -0.1) is 0 Å². The maximum absolute atomic E-state index is 11.2. The number of carbonyl (C=O) groups excluding carboxylic acids is 2. The third-order valence-electron chi connectivity index (χ3n) is 2.22. The van der Waals surface area contributed by atoms with Gasteiger partial charge in [0.05, 0.1) is 0 Å². The number of hydrogen-bond donors (Lipinski definition) is 2. The van der Waals surface area contributed by atoms with Crippen LogP contribution >= 0.6 is 11.6 Å². The summed E-state index contributed by atoms with van der Waals surface area (Å²) in [6.45, 7) is 0.500. The molecule has 5 heteroatoms. The van der Waals surface area contributed by atoms with Gasteiger partial charge in [0.15, 0.2) is 0 Å². The van der Waals surface area contributed by atoms with Gasteiger partial charge in [0.2, 0.25) is 11.1 Å². The highest BCUT2D eigenvalue weighted by Gasteiger charge is 2.03. The molecule has 0 heterocycles. The molecular weight excluding hydrogens is 242 g/mol. The van der Waals surface area contributed by atoms with Crippen molar-refractivity contribution in [1.82, 2.24) is 5.32 Å². The van der Waals surface area contributed by atoms with Crippen molar-refractivity contribution >= 4 is 22.8 Å². The lowest BCUT2D eigenvalue weighted by atomic mass is 10.1. The summed E-state index contributed by atoms with van der Waals surface area (Å²) in [5.74, 6) is 0.0381. The van der Waals surface area contributed by atoms with Crippen LogP contribution in [0.25, 0.3) is 0 Å². The zero-order valence-electron chi connectivity index (χ0n) is 9.28. The van der Waals surface area contributed by atoms with Crippen molar-refractivity contribution in [2.24, 2.45) is 0 Å². The van der Waals surface area contributed by atoms with E-state index in [1.165, 1.54) is 0 Å². The Morgan fingerprint density at radius 2 is 1.82 bits per heavy atom. The van der Waals surface area contributed by atoms with Crippen molar-refractivity contribution in [2.75, 3.05) is 6.54 Å². The van der Waals surface area contributed by atoms with Crippen LogP contribution in [0.2, 0.25) is 0 Å². The van der Waals surface area contributed by atoms with Crippen LogP contribution in [0.1, 0.15) is 18.4 Å². The van der Waals surface area contributed by atoms with Gasteiger partial charge in [0.25, 0.3) is 0 Å². The molecule has 1 rings (SSSR count). The van der Waals surface area contributed by atoms with Crippen molar-refractivity contribution in [3.8, 4) is 5.75 Å². The Morgan fingerprint density at radius 1 is 1.18 bits per heavy atom. The van der Waals surface area contributed by atoms with E-state index in [1.807, 2.05) is 0 Å². The first-order valence-corrected chi connectivity index (χ1v) is 5.68. The monoisotopic (exact) mass is 255 g/mol. The molecule has 4 nitrogen and oxygen atoms in total. The summed E-state index contributed by atoms with van der Waals surface area (Å²) in [4.78, 5) is 21.7. The largest absolute Gasteiger partial charge is 0.508 e. The summed E-state index contributed by atoms with van der Waals surface area (Å²) in [7, 11) is 0. The average Bonchev–Trinajstić information content (AvgIpc) is 2.29. The number of aromatic hydroxyl groups is 1.